The average molecular weight is 178 g/mol. The van der Waals surface area contributed by atoms with Crippen LogP contribution in [0.3, 0.4) is 0 Å². The summed E-state index contributed by atoms with van der Waals surface area (Å²) in [4.78, 5) is 0. The fraction of sp³-hybridized carbons (Fsp3) is 0.0909. The van der Waals surface area contributed by atoms with Gasteiger partial charge in [0, 0.05) is 0 Å². The topological polar surface area (TPSA) is 18.5 Å². The Kier molecular flexibility index (Phi) is 7.30. The molecule has 1 aromatic rings. The van der Waals surface area contributed by atoms with Gasteiger partial charge in [-0.25, -0.2) is 0 Å². The normalized spacial score (nSPS) is 7.46. The molecule has 0 spiro atoms. The van der Waals surface area contributed by atoms with Crippen LogP contribution in [-0.2, 0) is 4.74 Å². The fourth-order valence-corrected chi connectivity index (χ4v) is 0.595. The van der Waals surface area contributed by atoms with E-state index < -0.39 is 0 Å². The Morgan fingerprint density at radius 1 is 1.08 bits per heavy atom. The van der Waals surface area contributed by atoms with Gasteiger partial charge in [-0.3, -0.25) is 0 Å². The molecule has 0 heterocycles. The molecular formula is C11H14O2. The number of ether oxygens (including phenoxy) is 2. The maximum absolute atomic E-state index is 4.97. The van der Waals surface area contributed by atoms with Crippen molar-refractivity contribution in [1.29, 1.82) is 0 Å². The molecule has 0 aliphatic heterocycles. The zero-order valence-corrected chi connectivity index (χ0v) is 7.77. The summed E-state index contributed by atoms with van der Waals surface area (Å²) in [5.41, 5.74) is 0. The predicted octanol–water partition coefficient (Wildman–Crippen LogP) is 2.99. The quantitative estimate of drug-likeness (QED) is 0.662. The monoisotopic (exact) mass is 178 g/mol. The van der Waals surface area contributed by atoms with Crippen molar-refractivity contribution >= 4 is 0 Å². The van der Waals surface area contributed by atoms with Gasteiger partial charge < -0.3 is 9.47 Å². The highest BCUT2D eigenvalue weighted by molar-refractivity contribution is 5.21. The third-order valence-electron chi connectivity index (χ3n) is 1.13. The molecule has 0 N–H and O–H groups in total. The minimum atomic E-state index is 0.826. The average Bonchev–Trinajstić information content (AvgIpc) is 2.20. The summed E-state index contributed by atoms with van der Waals surface area (Å²) < 4.78 is 9.28. The van der Waals surface area contributed by atoms with E-state index in [1.54, 1.807) is 7.11 Å². The molecule has 0 fully saturated rings. The highest BCUT2D eigenvalue weighted by Gasteiger charge is 1.82. The van der Waals surface area contributed by atoms with Crippen molar-refractivity contribution in [2.45, 2.75) is 0 Å². The van der Waals surface area contributed by atoms with Crippen molar-refractivity contribution in [2.24, 2.45) is 0 Å². The van der Waals surface area contributed by atoms with Crippen molar-refractivity contribution in [3.05, 3.63) is 56.0 Å². The first-order valence-corrected chi connectivity index (χ1v) is 3.81. The molecule has 0 aliphatic rings. The second kappa shape index (κ2) is 8.40. The van der Waals surface area contributed by atoms with Crippen LogP contribution < -0.4 is 4.74 Å². The predicted molar refractivity (Wildman–Crippen MR) is 54.5 cm³/mol. The lowest BCUT2D eigenvalue weighted by atomic mass is 10.3. The van der Waals surface area contributed by atoms with Crippen molar-refractivity contribution in [1.82, 2.24) is 0 Å². The number of hydrogen-bond acceptors (Lipinski definition) is 2. The molecule has 1 rings (SSSR count). The number of rotatable bonds is 3. The minimum Gasteiger partial charge on any atom is -0.505 e. The largest absolute Gasteiger partial charge is 0.505 e. The maximum atomic E-state index is 4.97. The van der Waals surface area contributed by atoms with Gasteiger partial charge in [-0.2, -0.15) is 0 Å². The van der Waals surface area contributed by atoms with Gasteiger partial charge >= 0.3 is 0 Å². The van der Waals surface area contributed by atoms with Gasteiger partial charge in [0.25, 0.3) is 0 Å². The number of hydrogen-bond donors (Lipinski definition) is 0. The van der Waals surface area contributed by atoms with E-state index in [-0.39, 0.29) is 0 Å². The number of para-hydroxylation sites is 1. The fourth-order valence-electron chi connectivity index (χ4n) is 0.595. The van der Waals surface area contributed by atoms with E-state index in [2.05, 4.69) is 17.9 Å². The molecule has 0 unspecified atom stereocenters. The standard InChI is InChI=1S/C8H8O.C3H6O/c1-2-9-8-6-4-3-5-7-8;1-3-4-2/h2-7H,1H2;3H,1H2,2H3. The third-order valence-corrected chi connectivity index (χ3v) is 1.13. The molecule has 0 atom stereocenters. The molecule has 70 valence electrons. The van der Waals surface area contributed by atoms with Crippen molar-refractivity contribution in [3.8, 4) is 5.75 Å². The highest BCUT2D eigenvalue weighted by Crippen LogP contribution is 2.07. The van der Waals surface area contributed by atoms with Crippen LogP contribution in [0.5, 0.6) is 5.75 Å². The van der Waals surface area contributed by atoms with Crippen LogP contribution in [0.4, 0.5) is 0 Å². The molecule has 1 aromatic carbocycles. The summed E-state index contributed by atoms with van der Waals surface area (Å²) in [5.74, 6) is 0.826. The molecule has 0 amide bonds. The second-order valence-electron chi connectivity index (χ2n) is 2.00. The van der Waals surface area contributed by atoms with Crippen LogP contribution in [-0.4, -0.2) is 7.11 Å². The van der Waals surface area contributed by atoms with E-state index in [0.717, 1.165) is 5.75 Å². The van der Waals surface area contributed by atoms with Gasteiger partial charge in [0.1, 0.15) is 5.75 Å². The molecule has 0 aromatic heterocycles. The molecule has 2 heteroatoms. The first-order chi connectivity index (χ1) is 6.35. The number of benzene rings is 1. The lowest BCUT2D eigenvalue weighted by molar-refractivity contribution is 0.339. The van der Waals surface area contributed by atoms with Crippen LogP contribution >= 0.6 is 0 Å². The van der Waals surface area contributed by atoms with Gasteiger partial charge in [-0.15, -0.1) is 0 Å². The van der Waals surface area contributed by atoms with Crippen LogP contribution in [0.15, 0.2) is 56.0 Å². The second-order valence-corrected chi connectivity index (χ2v) is 2.00. The molecule has 0 saturated carbocycles. The van der Waals surface area contributed by atoms with Gasteiger partial charge in [0.2, 0.25) is 0 Å². The Bertz CT molecular complexity index is 229. The Morgan fingerprint density at radius 2 is 1.62 bits per heavy atom. The summed E-state index contributed by atoms with van der Waals surface area (Å²) in [5, 5.41) is 0. The Labute approximate surface area is 79.1 Å². The highest BCUT2D eigenvalue weighted by atomic mass is 16.5. The molecule has 13 heavy (non-hydrogen) atoms. The molecule has 0 aliphatic carbocycles. The van der Waals surface area contributed by atoms with Crippen LogP contribution in [0.2, 0.25) is 0 Å². The summed E-state index contributed by atoms with van der Waals surface area (Å²) in [6, 6.07) is 9.52. The SMILES string of the molecule is C=COC.C=COc1ccccc1. The first kappa shape index (κ1) is 11.3. The van der Waals surface area contributed by atoms with Crippen molar-refractivity contribution in [2.75, 3.05) is 7.11 Å². The van der Waals surface area contributed by atoms with Crippen molar-refractivity contribution in [3.63, 3.8) is 0 Å². The Morgan fingerprint density at radius 3 is 2.00 bits per heavy atom. The first-order valence-electron chi connectivity index (χ1n) is 3.81. The molecular weight excluding hydrogens is 164 g/mol. The molecule has 2 nitrogen and oxygen atoms in total. The van der Waals surface area contributed by atoms with E-state index in [9.17, 15) is 0 Å². The Balaban J connectivity index is 0.000000310. The van der Waals surface area contributed by atoms with E-state index >= 15 is 0 Å². The minimum absolute atomic E-state index is 0.826. The molecule has 0 bridgehead atoms. The summed E-state index contributed by atoms with van der Waals surface area (Å²) in [6.45, 7) is 6.69. The smallest absolute Gasteiger partial charge is 0.126 e. The summed E-state index contributed by atoms with van der Waals surface area (Å²) >= 11 is 0. The zero-order chi connectivity index (χ0) is 9.94. The summed E-state index contributed by atoms with van der Waals surface area (Å²) in [7, 11) is 1.56. The Hall–Kier alpha value is -1.70. The molecule has 0 radical (unpaired) electrons. The van der Waals surface area contributed by atoms with E-state index in [0.29, 0.717) is 0 Å². The van der Waals surface area contributed by atoms with Crippen LogP contribution in [0.25, 0.3) is 0 Å². The third kappa shape index (κ3) is 6.69. The van der Waals surface area contributed by atoms with Crippen LogP contribution in [0.1, 0.15) is 0 Å². The zero-order valence-electron chi connectivity index (χ0n) is 7.77. The lowest BCUT2D eigenvalue weighted by Gasteiger charge is -1.95. The van der Waals surface area contributed by atoms with Gasteiger partial charge in [0.15, 0.2) is 0 Å². The molecule has 0 saturated heterocycles. The van der Waals surface area contributed by atoms with Gasteiger partial charge in [-0.1, -0.05) is 31.4 Å². The lowest BCUT2D eigenvalue weighted by Crippen LogP contribution is -1.76. The van der Waals surface area contributed by atoms with E-state index in [4.69, 9.17) is 4.74 Å². The van der Waals surface area contributed by atoms with Crippen molar-refractivity contribution < 1.29 is 9.47 Å². The van der Waals surface area contributed by atoms with E-state index in [1.807, 2.05) is 30.3 Å². The maximum Gasteiger partial charge on any atom is 0.126 e. The van der Waals surface area contributed by atoms with E-state index in [1.165, 1.54) is 12.5 Å². The summed E-state index contributed by atoms with van der Waals surface area (Å²) in [6.07, 6.45) is 2.79. The number of methoxy groups -OCH3 is 1. The van der Waals surface area contributed by atoms with Crippen LogP contribution in [0, 0.1) is 0 Å². The van der Waals surface area contributed by atoms with Gasteiger partial charge in [-0.05, 0) is 12.1 Å². The van der Waals surface area contributed by atoms with Gasteiger partial charge in [0.05, 0.1) is 19.6 Å².